The highest BCUT2D eigenvalue weighted by atomic mass is 32.2. The van der Waals surface area contributed by atoms with Crippen molar-refractivity contribution in [1.29, 1.82) is 0 Å². The number of benzene rings is 1. The van der Waals surface area contributed by atoms with Gasteiger partial charge in [0.2, 0.25) is 0 Å². The van der Waals surface area contributed by atoms with Crippen molar-refractivity contribution in [1.82, 2.24) is 9.97 Å². The Kier molecular flexibility index (Phi) is 3.84. The lowest BCUT2D eigenvalue weighted by Gasteiger charge is -2.15. The van der Waals surface area contributed by atoms with Crippen LogP contribution in [-0.2, 0) is 5.92 Å². The van der Waals surface area contributed by atoms with E-state index in [1.165, 1.54) is 12.1 Å². The molecule has 0 amide bonds. The first-order valence-corrected chi connectivity index (χ1v) is 6.39. The smallest absolute Gasteiger partial charge is 0.282 e. The van der Waals surface area contributed by atoms with Crippen molar-refractivity contribution in [2.45, 2.75) is 11.1 Å². The van der Waals surface area contributed by atoms with Gasteiger partial charge in [0.15, 0.2) is 5.16 Å². The molecule has 100 valence electrons. The molecule has 0 atom stereocenters. The van der Waals surface area contributed by atoms with E-state index in [2.05, 4.69) is 9.97 Å². The summed E-state index contributed by atoms with van der Waals surface area (Å²) < 4.78 is 27.7. The average molecular weight is 283 g/mol. The lowest BCUT2D eigenvalue weighted by atomic mass is 10.1. The summed E-state index contributed by atoms with van der Waals surface area (Å²) in [6.07, 6.45) is 0. The first kappa shape index (κ1) is 13.5. The van der Waals surface area contributed by atoms with Gasteiger partial charge in [0.05, 0.1) is 5.75 Å². The first-order chi connectivity index (χ1) is 8.97. The zero-order valence-corrected chi connectivity index (χ0v) is 10.6. The summed E-state index contributed by atoms with van der Waals surface area (Å²) in [5, 5.41) is 0.0839. The number of nitrogen functional groups attached to an aromatic ring is 1. The second-order valence-electron chi connectivity index (χ2n) is 3.83. The number of nitrogens with two attached hydrogens (primary N) is 1. The minimum atomic E-state index is -3.00. The van der Waals surface area contributed by atoms with Crippen LogP contribution >= 0.6 is 11.8 Å². The molecular formula is C12H11F2N3OS. The zero-order chi connectivity index (χ0) is 13.9. The van der Waals surface area contributed by atoms with Gasteiger partial charge in [0, 0.05) is 11.6 Å². The minimum Gasteiger partial charge on any atom is -0.383 e. The number of anilines is 1. The molecular weight excluding hydrogens is 272 g/mol. The number of alkyl halides is 2. The molecule has 1 heterocycles. The van der Waals surface area contributed by atoms with Gasteiger partial charge in [-0.3, -0.25) is 4.79 Å². The van der Waals surface area contributed by atoms with Gasteiger partial charge in [-0.2, -0.15) is 0 Å². The van der Waals surface area contributed by atoms with E-state index in [1.54, 1.807) is 18.2 Å². The van der Waals surface area contributed by atoms with Gasteiger partial charge in [0.25, 0.3) is 11.5 Å². The summed E-state index contributed by atoms with van der Waals surface area (Å²) in [6, 6.07) is 8.58. The fourth-order valence-corrected chi connectivity index (χ4v) is 2.27. The van der Waals surface area contributed by atoms with Crippen LogP contribution in [0.4, 0.5) is 14.6 Å². The molecule has 4 nitrogen and oxygen atoms in total. The average Bonchev–Trinajstić information content (AvgIpc) is 2.37. The van der Waals surface area contributed by atoms with E-state index in [0.717, 1.165) is 17.8 Å². The third-order valence-corrected chi connectivity index (χ3v) is 3.30. The summed E-state index contributed by atoms with van der Waals surface area (Å²) in [7, 11) is 0. The maximum atomic E-state index is 13.9. The molecule has 0 unspecified atom stereocenters. The van der Waals surface area contributed by atoms with E-state index < -0.39 is 17.2 Å². The van der Waals surface area contributed by atoms with Crippen LogP contribution in [-0.4, -0.2) is 15.7 Å². The summed E-state index contributed by atoms with van der Waals surface area (Å²) >= 11 is 0.754. The highest BCUT2D eigenvalue weighted by Crippen LogP contribution is 2.33. The number of hydrogen-bond acceptors (Lipinski definition) is 4. The minimum absolute atomic E-state index is 0.00859. The topological polar surface area (TPSA) is 71.8 Å². The van der Waals surface area contributed by atoms with Crippen molar-refractivity contribution in [2.75, 3.05) is 11.5 Å². The summed E-state index contributed by atoms with van der Waals surface area (Å²) in [4.78, 5) is 17.3. The van der Waals surface area contributed by atoms with Gasteiger partial charge >= 0.3 is 0 Å². The molecule has 0 saturated heterocycles. The van der Waals surface area contributed by atoms with Gasteiger partial charge in [-0.15, -0.1) is 0 Å². The van der Waals surface area contributed by atoms with Crippen LogP contribution in [0.5, 0.6) is 0 Å². The maximum absolute atomic E-state index is 13.9. The van der Waals surface area contributed by atoms with Crippen LogP contribution in [0.15, 0.2) is 46.3 Å². The van der Waals surface area contributed by atoms with E-state index in [9.17, 15) is 13.6 Å². The van der Waals surface area contributed by atoms with E-state index in [4.69, 9.17) is 5.73 Å². The van der Waals surface area contributed by atoms with Gasteiger partial charge in [-0.05, 0) is 0 Å². The first-order valence-electron chi connectivity index (χ1n) is 5.40. The van der Waals surface area contributed by atoms with Crippen LogP contribution in [0.1, 0.15) is 5.56 Å². The van der Waals surface area contributed by atoms with E-state index in [0.29, 0.717) is 0 Å². The van der Waals surface area contributed by atoms with Crippen molar-refractivity contribution in [3.8, 4) is 0 Å². The molecule has 2 rings (SSSR count). The van der Waals surface area contributed by atoms with Crippen molar-refractivity contribution in [3.63, 3.8) is 0 Å². The highest BCUT2D eigenvalue weighted by Gasteiger charge is 2.31. The standard InChI is InChI=1S/C12H11F2N3OS/c13-12(14,8-4-2-1-3-5-8)7-19-11-16-9(15)6-10(18)17-11/h1-6H,7H2,(H3,15,16,17,18). The molecule has 3 N–H and O–H groups in total. The molecule has 2 aromatic rings. The molecule has 0 aliphatic heterocycles. The number of rotatable bonds is 4. The Labute approximate surface area is 112 Å². The van der Waals surface area contributed by atoms with Gasteiger partial charge in [-0.1, -0.05) is 42.1 Å². The molecule has 0 fully saturated rings. The second kappa shape index (κ2) is 5.40. The van der Waals surface area contributed by atoms with Crippen LogP contribution in [0.3, 0.4) is 0 Å². The zero-order valence-electron chi connectivity index (χ0n) is 9.77. The molecule has 19 heavy (non-hydrogen) atoms. The Morgan fingerprint density at radius 1 is 1.32 bits per heavy atom. The third-order valence-electron chi connectivity index (χ3n) is 2.33. The Bertz CT molecular complexity index is 616. The number of halogens is 2. The Morgan fingerprint density at radius 3 is 2.63 bits per heavy atom. The van der Waals surface area contributed by atoms with Crippen LogP contribution in [0.25, 0.3) is 0 Å². The van der Waals surface area contributed by atoms with Crippen molar-refractivity contribution >= 4 is 17.6 Å². The van der Waals surface area contributed by atoms with E-state index in [1.807, 2.05) is 0 Å². The number of aromatic nitrogens is 2. The molecule has 0 aliphatic carbocycles. The number of H-pyrrole nitrogens is 1. The number of thioether (sulfide) groups is 1. The van der Waals surface area contributed by atoms with Gasteiger partial charge in [0.1, 0.15) is 5.82 Å². The summed E-state index contributed by atoms with van der Waals surface area (Å²) in [6.45, 7) is 0. The van der Waals surface area contributed by atoms with E-state index >= 15 is 0 Å². The third kappa shape index (κ3) is 3.54. The quantitative estimate of drug-likeness (QED) is 0.667. The monoisotopic (exact) mass is 283 g/mol. The van der Waals surface area contributed by atoms with Crippen molar-refractivity contribution < 1.29 is 8.78 Å². The summed E-state index contributed by atoms with van der Waals surface area (Å²) in [5.74, 6) is -3.52. The maximum Gasteiger partial charge on any atom is 0.282 e. The largest absolute Gasteiger partial charge is 0.383 e. The second-order valence-corrected chi connectivity index (χ2v) is 4.80. The lowest BCUT2D eigenvalue weighted by Crippen LogP contribution is -2.17. The predicted molar refractivity (Wildman–Crippen MR) is 70.3 cm³/mol. The summed E-state index contributed by atoms with van der Waals surface area (Å²) in [5.41, 5.74) is 4.84. The van der Waals surface area contributed by atoms with Gasteiger partial charge < -0.3 is 10.7 Å². The number of nitrogens with one attached hydrogen (secondary N) is 1. The van der Waals surface area contributed by atoms with Crippen LogP contribution < -0.4 is 11.3 Å². The Balaban J connectivity index is 2.11. The number of nitrogens with zero attached hydrogens (tertiary/aromatic N) is 1. The number of hydrogen-bond donors (Lipinski definition) is 2. The molecule has 1 aromatic carbocycles. The molecule has 7 heteroatoms. The van der Waals surface area contributed by atoms with E-state index in [-0.39, 0.29) is 16.5 Å². The fourth-order valence-electron chi connectivity index (χ4n) is 1.45. The van der Waals surface area contributed by atoms with Crippen molar-refractivity contribution in [2.24, 2.45) is 0 Å². The van der Waals surface area contributed by atoms with Crippen LogP contribution in [0.2, 0.25) is 0 Å². The molecule has 0 spiro atoms. The molecule has 0 aliphatic rings. The Morgan fingerprint density at radius 2 is 2.00 bits per heavy atom. The van der Waals surface area contributed by atoms with Crippen LogP contribution in [0, 0.1) is 0 Å². The fraction of sp³-hybridized carbons (Fsp3) is 0.167. The molecule has 0 saturated carbocycles. The molecule has 0 bridgehead atoms. The predicted octanol–water partition coefficient (Wildman–Crippen LogP) is 2.24. The van der Waals surface area contributed by atoms with Crippen molar-refractivity contribution in [3.05, 3.63) is 52.3 Å². The molecule has 1 aromatic heterocycles. The normalized spacial score (nSPS) is 11.5. The SMILES string of the molecule is Nc1cc(=O)[nH]c(SCC(F)(F)c2ccccc2)n1. The number of aromatic amines is 1. The highest BCUT2D eigenvalue weighted by molar-refractivity contribution is 7.99. The lowest BCUT2D eigenvalue weighted by molar-refractivity contribution is 0.0231. The molecule has 0 radical (unpaired) electrons. The van der Waals surface area contributed by atoms with Gasteiger partial charge in [-0.25, -0.2) is 13.8 Å². The Hall–Kier alpha value is -1.89.